The van der Waals surface area contributed by atoms with Gasteiger partial charge in [0.15, 0.2) is 0 Å². The number of benzene rings is 1. The smallest absolute Gasteiger partial charge is 0.0240 e. The number of unbranched alkanes of at least 4 members (excludes halogenated alkanes) is 4. The first-order valence-corrected chi connectivity index (χ1v) is 11.6. The topological polar surface area (TPSA) is 0 Å². The van der Waals surface area contributed by atoms with Crippen LogP contribution in [0.2, 0.25) is 0 Å². The van der Waals surface area contributed by atoms with Crippen LogP contribution < -0.4 is 5.30 Å². The van der Waals surface area contributed by atoms with E-state index in [0.717, 1.165) is 11.8 Å². The molecule has 1 aromatic rings. The van der Waals surface area contributed by atoms with Gasteiger partial charge < -0.3 is 0 Å². The Morgan fingerprint density at radius 1 is 0.652 bits per heavy atom. The van der Waals surface area contributed by atoms with Gasteiger partial charge in [-0.3, -0.25) is 0 Å². The van der Waals surface area contributed by atoms with Crippen molar-refractivity contribution in [2.75, 3.05) is 12.3 Å². The molecule has 0 atom stereocenters. The summed E-state index contributed by atoms with van der Waals surface area (Å²) in [5, 5.41) is 1.63. The van der Waals surface area contributed by atoms with Crippen LogP contribution in [0.5, 0.6) is 0 Å². The lowest BCUT2D eigenvalue weighted by atomic mass is 10.1. The van der Waals surface area contributed by atoms with Gasteiger partial charge in [0.2, 0.25) is 0 Å². The van der Waals surface area contributed by atoms with Crippen LogP contribution in [-0.4, -0.2) is 12.3 Å². The monoisotopic (exact) mass is 334 g/mol. The van der Waals surface area contributed by atoms with Gasteiger partial charge in [0, 0.05) is 0 Å². The standard InChI is InChI=1S/C22H39P/c1-20(2)14-8-6-12-18-23(22-16-10-5-11-17-22)19-13-7-9-15-21(3)4/h5,10-11,16-17,20-21H,6-9,12-15,18-19H2,1-4H3. The highest BCUT2D eigenvalue weighted by Crippen LogP contribution is 2.37. The van der Waals surface area contributed by atoms with Crippen LogP contribution in [-0.2, 0) is 0 Å². The number of rotatable bonds is 13. The summed E-state index contributed by atoms with van der Waals surface area (Å²) < 4.78 is 0. The van der Waals surface area contributed by atoms with Crippen LogP contribution in [0.3, 0.4) is 0 Å². The van der Waals surface area contributed by atoms with E-state index in [4.69, 9.17) is 0 Å². The minimum atomic E-state index is 0.0803. The van der Waals surface area contributed by atoms with Crippen LogP contribution >= 0.6 is 7.92 Å². The van der Waals surface area contributed by atoms with E-state index >= 15 is 0 Å². The highest BCUT2D eigenvalue weighted by Gasteiger charge is 2.10. The Kier molecular flexibility index (Phi) is 11.7. The molecule has 1 heteroatoms. The molecule has 0 aliphatic carbocycles. The molecular weight excluding hydrogens is 295 g/mol. The quantitative estimate of drug-likeness (QED) is 0.264. The van der Waals surface area contributed by atoms with Gasteiger partial charge in [-0.15, -0.1) is 0 Å². The lowest BCUT2D eigenvalue weighted by molar-refractivity contribution is 0.533. The predicted octanol–water partition coefficient (Wildman–Crippen LogP) is 7.23. The summed E-state index contributed by atoms with van der Waals surface area (Å²) in [6.45, 7) is 9.37. The second-order valence-electron chi connectivity index (χ2n) is 7.81. The Morgan fingerprint density at radius 2 is 1.13 bits per heavy atom. The Labute approximate surface area is 147 Å². The molecule has 0 nitrogen and oxygen atoms in total. The Bertz CT molecular complexity index is 351. The van der Waals surface area contributed by atoms with Crippen molar-refractivity contribution in [1.82, 2.24) is 0 Å². The maximum Gasteiger partial charge on any atom is -0.0240 e. The number of hydrogen-bond acceptors (Lipinski definition) is 0. The summed E-state index contributed by atoms with van der Waals surface area (Å²) in [6.07, 6.45) is 14.3. The highest BCUT2D eigenvalue weighted by molar-refractivity contribution is 7.65. The zero-order valence-electron chi connectivity index (χ0n) is 16.1. The van der Waals surface area contributed by atoms with E-state index in [0.29, 0.717) is 0 Å². The Morgan fingerprint density at radius 3 is 1.57 bits per heavy atom. The molecule has 0 radical (unpaired) electrons. The fraction of sp³-hybridized carbons (Fsp3) is 0.727. The summed E-state index contributed by atoms with van der Waals surface area (Å²) >= 11 is 0. The Hall–Kier alpha value is -0.350. The first-order chi connectivity index (χ1) is 11.1. The average Bonchev–Trinajstić information content (AvgIpc) is 2.52. The summed E-state index contributed by atoms with van der Waals surface area (Å²) in [4.78, 5) is 0. The molecule has 0 heterocycles. The lowest BCUT2D eigenvalue weighted by Gasteiger charge is -2.18. The summed E-state index contributed by atoms with van der Waals surface area (Å²) in [6, 6.07) is 11.3. The fourth-order valence-corrected chi connectivity index (χ4v) is 5.62. The normalized spacial score (nSPS) is 11.8. The van der Waals surface area contributed by atoms with E-state index in [1.54, 1.807) is 5.30 Å². The van der Waals surface area contributed by atoms with Gasteiger partial charge >= 0.3 is 0 Å². The zero-order valence-corrected chi connectivity index (χ0v) is 17.0. The van der Waals surface area contributed by atoms with Crippen molar-refractivity contribution < 1.29 is 0 Å². The molecule has 0 unspecified atom stereocenters. The number of hydrogen-bond donors (Lipinski definition) is 0. The highest BCUT2D eigenvalue weighted by atomic mass is 31.1. The third-order valence-electron chi connectivity index (χ3n) is 4.54. The van der Waals surface area contributed by atoms with Crippen molar-refractivity contribution in [2.45, 2.75) is 79.1 Å². The van der Waals surface area contributed by atoms with Crippen LogP contribution in [0.25, 0.3) is 0 Å². The largest absolute Gasteiger partial charge is 0.0753 e. The van der Waals surface area contributed by atoms with E-state index in [2.05, 4.69) is 58.0 Å². The third kappa shape index (κ3) is 10.9. The molecule has 23 heavy (non-hydrogen) atoms. The molecule has 1 aromatic carbocycles. The first-order valence-electron chi connectivity index (χ1n) is 9.89. The fourth-order valence-electron chi connectivity index (χ4n) is 3.07. The molecule has 0 N–H and O–H groups in total. The second-order valence-corrected chi connectivity index (χ2v) is 10.3. The van der Waals surface area contributed by atoms with E-state index in [-0.39, 0.29) is 7.92 Å². The molecule has 0 spiro atoms. The maximum atomic E-state index is 2.37. The molecule has 0 aliphatic heterocycles. The van der Waals surface area contributed by atoms with Crippen LogP contribution in [0.4, 0.5) is 0 Å². The van der Waals surface area contributed by atoms with E-state index in [9.17, 15) is 0 Å². The van der Waals surface area contributed by atoms with E-state index < -0.39 is 0 Å². The molecular formula is C22H39P. The van der Waals surface area contributed by atoms with Crippen molar-refractivity contribution in [3.8, 4) is 0 Å². The minimum Gasteiger partial charge on any atom is -0.0753 e. The van der Waals surface area contributed by atoms with Gasteiger partial charge in [-0.25, -0.2) is 0 Å². The van der Waals surface area contributed by atoms with Crippen molar-refractivity contribution in [2.24, 2.45) is 11.8 Å². The molecule has 0 aliphatic rings. The molecule has 132 valence electrons. The molecule has 1 rings (SSSR count). The second kappa shape index (κ2) is 13.0. The summed E-state index contributed by atoms with van der Waals surface area (Å²) in [5.41, 5.74) is 0. The SMILES string of the molecule is CC(C)CCCCCP(CCCCCC(C)C)c1ccccc1. The minimum absolute atomic E-state index is 0.0803. The first kappa shape index (κ1) is 20.7. The zero-order chi connectivity index (χ0) is 16.9. The Balaban J connectivity index is 2.32. The maximum absolute atomic E-state index is 2.37. The van der Waals surface area contributed by atoms with Crippen LogP contribution in [0, 0.1) is 11.8 Å². The molecule has 0 aromatic heterocycles. The molecule has 0 bridgehead atoms. The van der Waals surface area contributed by atoms with Gasteiger partial charge in [-0.1, -0.05) is 104 Å². The van der Waals surface area contributed by atoms with Crippen molar-refractivity contribution in [3.05, 3.63) is 30.3 Å². The van der Waals surface area contributed by atoms with E-state index in [1.807, 2.05) is 0 Å². The van der Waals surface area contributed by atoms with Crippen LogP contribution in [0.15, 0.2) is 30.3 Å². The summed E-state index contributed by atoms with van der Waals surface area (Å²) in [7, 11) is 0.0803. The lowest BCUT2D eigenvalue weighted by Crippen LogP contribution is -2.06. The van der Waals surface area contributed by atoms with Crippen LogP contribution in [0.1, 0.15) is 79.1 Å². The molecule has 0 fully saturated rings. The molecule has 0 amide bonds. The van der Waals surface area contributed by atoms with Gasteiger partial charge in [0.05, 0.1) is 0 Å². The average molecular weight is 335 g/mol. The summed E-state index contributed by atoms with van der Waals surface area (Å²) in [5.74, 6) is 1.73. The molecule has 0 saturated heterocycles. The molecule has 0 saturated carbocycles. The van der Waals surface area contributed by atoms with Gasteiger partial charge in [-0.05, 0) is 42.3 Å². The van der Waals surface area contributed by atoms with E-state index in [1.165, 1.54) is 63.7 Å². The van der Waals surface area contributed by atoms with Gasteiger partial charge in [-0.2, -0.15) is 0 Å². The van der Waals surface area contributed by atoms with Crippen molar-refractivity contribution in [3.63, 3.8) is 0 Å². The predicted molar refractivity (Wildman–Crippen MR) is 109 cm³/mol. The van der Waals surface area contributed by atoms with Gasteiger partial charge in [0.25, 0.3) is 0 Å². The van der Waals surface area contributed by atoms with Crippen molar-refractivity contribution >= 4 is 13.2 Å². The van der Waals surface area contributed by atoms with Gasteiger partial charge in [0.1, 0.15) is 0 Å². The van der Waals surface area contributed by atoms with Crippen molar-refractivity contribution in [1.29, 1.82) is 0 Å². The third-order valence-corrected chi connectivity index (χ3v) is 7.28.